The van der Waals surface area contributed by atoms with Crippen LogP contribution in [0.25, 0.3) is 0 Å². The van der Waals surface area contributed by atoms with E-state index in [2.05, 4.69) is 0 Å². The number of likely N-dealkylation sites (tertiary alicyclic amines) is 2. The van der Waals surface area contributed by atoms with E-state index in [-0.39, 0.29) is 60.2 Å². The van der Waals surface area contributed by atoms with Crippen molar-refractivity contribution in [2.45, 2.75) is 100 Å². The summed E-state index contributed by atoms with van der Waals surface area (Å²) >= 11 is 3.04. The van der Waals surface area contributed by atoms with Gasteiger partial charge >= 0.3 is 15.2 Å². The topological polar surface area (TPSA) is 168 Å². The van der Waals surface area contributed by atoms with E-state index in [0.717, 1.165) is 62.9 Å². The fourth-order valence-corrected chi connectivity index (χ4v) is 8.27. The van der Waals surface area contributed by atoms with Crippen LogP contribution in [0.5, 0.6) is 0 Å². The molecular weight excluding hydrogens is 650 g/mol. The predicted molar refractivity (Wildman–Crippen MR) is 174 cm³/mol. The minimum absolute atomic E-state index is 0.115. The number of carbonyl (C=O) groups excluding carboxylic acids is 4. The molecule has 2 aliphatic rings. The Kier molecular flexibility index (Phi) is 18.4. The quantitative estimate of drug-likeness (QED) is 0.0740. The van der Waals surface area contributed by atoms with Crippen molar-refractivity contribution in [3.05, 3.63) is 0 Å². The number of imide groups is 2. The van der Waals surface area contributed by atoms with Gasteiger partial charge in [0.25, 0.3) is 0 Å². The molecule has 254 valence electrons. The van der Waals surface area contributed by atoms with Crippen molar-refractivity contribution in [1.29, 1.82) is 0 Å². The summed E-state index contributed by atoms with van der Waals surface area (Å²) in [6, 6.07) is 0. The van der Waals surface area contributed by atoms with E-state index < -0.39 is 15.2 Å². The minimum atomic E-state index is -3.41. The van der Waals surface area contributed by atoms with Gasteiger partial charge in [0, 0.05) is 39.3 Å². The third-order valence-corrected chi connectivity index (χ3v) is 11.2. The zero-order valence-corrected chi connectivity index (χ0v) is 29.5. The first-order chi connectivity index (χ1) is 20.8. The molecule has 0 aromatic heterocycles. The number of rotatable bonds is 25. The Morgan fingerprint density at radius 1 is 0.614 bits per heavy atom. The molecule has 0 radical (unpaired) electrons. The predicted octanol–water partition coefficient (Wildman–Crippen LogP) is 5.05. The van der Waals surface area contributed by atoms with Gasteiger partial charge in [0.2, 0.25) is 23.6 Å². The van der Waals surface area contributed by atoms with E-state index in [9.17, 15) is 28.3 Å². The Balaban J connectivity index is 1.50. The van der Waals surface area contributed by atoms with E-state index in [1.165, 1.54) is 46.7 Å². The SMILES string of the molecule is CP(=O)(O)OCCCCCCSC1CC(=O)N(CCCCCCN2C(=O)CC(SCCCCCCOP(C)(=O)O)C2=O)C1=O. The van der Waals surface area contributed by atoms with Gasteiger partial charge in [-0.15, -0.1) is 23.5 Å². The summed E-state index contributed by atoms with van der Waals surface area (Å²) in [6.45, 7) is 3.66. The number of hydrogen-bond donors (Lipinski definition) is 2. The molecule has 2 aliphatic heterocycles. The van der Waals surface area contributed by atoms with Crippen LogP contribution in [0.1, 0.15) is 89.9 Å². The second-order valence-corrected chi connectivity index (χ2v) is 17.8. The van der Waals surface area contributed by atoms with Crippen LogP contribution in [0.3, 0.4) is 0 Å². The fourth-order valence-electron chi connectivity index (χ4n) is 4.96. The fraction of sp³-hybridized carbons (Fsp3) is 0.857. The molecule has 0 aromatic carbocycles. The number of hydrogen-bond acceptors (Lipinski definition) is 10. The van der Waals surface area contributed by atoms with Crippen molar-refractivity contribution in [1.82, 2.24) is 9.80 Å². The van der Waals surface area contributed by atoms with Gasteiger partial charge < -0.3 is 18.8 Å². The van der Waals surface area contributed by atoms with Gasteiger partial charge in [-0.2, -0.15) is 0 Å². The molecule has 44 heavy (non-hydrogen) atoms. The van der Waals surface area contributed by atoms with Crippen LogP contribution in [0, 0.1) is 0 Å². The van der Waals surface area contributed by atoms with Gasteiger partial charge in [-0.25, -0.2) is 0 Å². The van der Waals surface area contributed by atoms with E-state index in [1.54, 1.807) is 0 Å². The van der Waals surface area contributed by atoms with Crippen LogP contribution in [-0.4, -0.2) is 105 Å². The summed E-state index contributed by atoms with van der Waals surface area (Å²) in [5, 5.41) is -0.651. The Morgan fingerprint density at radius 3 is 1.32 bits per heavy atom. The Labute approximate surface area is 270 Å². The molecule has 4 amide bonds. The summed E-state index contributed by atoms with van der Waals surface area (Å²) in [5.74, 6) is 1.08. The maximum atomic E-state index is 12.7. The largest absolute Gasteiger partial charge is 0.325 e. The standard InChI is InChI=1S/C28H50N2O10P2S2/c1-41(35,36)39-17-11-5-7-13-19-43-23-21-25(31)29(27(23)33)15-9-3-4-10-16-30-26(32)22-24(28(30)34)44-20-14-8-6-12-18-40-42(2,37)38/h23-24H,3-22H2,1-2H3,(H,35,36)(H,37,38). The zero-order valence-electron chi connectivity index (χ0n) is 26.1. The first-order valence-electron chi connectivity index (χ1n) is 15.6. The molecule has 2 N–H and O–H groups in total. The Hall–Kier alpha value is -0.720. The lowest BCUT2D eigenvalue weighted by atomic mass is 10.2. The molecule has 2 heterocycles. The molecule has 2 saturated heterocycles. The van der Waals surface area contributed by atoms with Crippen molar-refractivity contribution < 1.29 is 47.1 Å². The molecule has 0 bridgehead atoms. The van der Waals surface area contributed by atoms with Crippen molar-refractivity contribution >= 4 is 62.3 Å². The number of nitrogens with zero attached hydrogens (tertiary/aromatic N) is 2. The van der Waals surface area contributed by atoms with Crippen molar-refractivity contribution in [3.63, 3.8) is 0 Å². The average Bonchev–Trinajstić information content (AvgIpc) is 3.35. The summed E-state index contributed by atoms with van der Waals surface area (Å²) < 4.78 is 31.9. The van der Waals surface area contributed by atoms with Crippen LogP contribution in [0.15, 0.2) is 0 Å². The molecule has 4 unspecified atom stereocenters. The van der Waals surface area contributed by atoms with Crippen LogP contribution in [-0.2, 0) is 37.4 Å². The van der Waals surface area contributed by atoms with Gasteiger partial charge in [-0.3, -0.25) is 38.1 Å². The molecule has 0 aliphatic carbocycles. The normalized spacial score (nSPS) is 21.8. The lowest BCUT2D eigenvalue weighted by molar-refractivity contribution is -0.140. The first-order valence-corrected chi connectivity index (χ1v) is 21.7. The van der Waals surface area contributed by atoms with E-state index in [4.69, 9.17) is 18.8 Å². The van der Waals surface area contributed by atoms with Crippen molar-refractivity contribution in [2.75, 3.05) is 51.1 Å². The van der Waals surface area contributed by atoms with Gasteiger partial charge in [-0.05, 0) is 50.0 Å². The monoisotopic (exact) mass is 700 g/mol. The Morgan fingerprint density at radius 2 is 0.955 bits per heavy atom. The highest BCUT2D eigenvalue weighted by atomic mass is 32.2. The van der Waals surface area contributed by atoms with Crippen LogP contribution in [0.2, 0.25) is 0 Å². The molecule has 0 aromatic rings. The summed E-state index contributed by atoms with van der Waals surface area (Å²) in [6.07, 6.45) is 10.3. The van der Waals surface area contributed by atoms with E-state index in [1.807, 2.05) is 0 Å². The molecule has 4 atom stereocenters. The second-order valence-electron chi connectivity index (χ2n) is 11.4. The first kappa shape index (κ1) is 39.5. The van der Waals surface area contributed by atoms with Crippen molar-refractivity contribution in [3.8, 4) is 0 Å². The zero-order chi connectivity index (χ0) is 32.6. The molecule has 12 nitrogen and oxygen atoms in total. The number of unbranched alkanes of at least 4 members (excludes halogenated alkanes) is 9. The second kappa shape index (κ2) is 20.5. The molecule has 2 rings (SSSR count). The van der Waals surface area contributed by atoms with E-state index >= 15 is 0 Å². The van der Waals surface area contributed by atoms with Gasteiger partial charge in [0.05, 0.1) is 23.7 Å². The molecule has 0 spiro atoms. The van der Waals surface area contributed by atoms with Crippen LogP contribution in [0.4, 0.5) is 0 Å². The van der Waals surface area contributed by atoms with E-state index in [0.29, 0.717) is 38.8 Å². The number of thioether (sulfide) groups is 2. The lowest BCUT2D eigenvalue weighted by Gasteiger charge is -2.16. The highest BCUT2D eigenvalue weighted by molar-refractivity contribution is 8.00. The smallest absolute Gasteiger partial charge is 0.324 e. The molecule has 0 saturated carbocycles. The van der Waals surface area contributed by atoms with Gasteiger partial charge in [0.15, 0.2) is 0 Å². The maximum Gasteiger partial charge on any atom is 0.325 e. The Bertz CT molecular complexity index is 958. The van der Waals surface area contributed by atoms with Gasteiger partial charge in [-0.1, -0.05) is 38.5 Å². The number of amides is 4. The van der Waals surface area contributed by atoms with Gasteiger partial charge in [0.1, 0.15) is 0 Å². The summed E-state index contributed by atoms with van der Waals surface area (Å²) in [4.78, 5) is 71.1. The molecular formula is C28H50N2O10P2S2. The lowest BCUT2D eigenvalue weighted by Crippen LogP contribution is -2.33. The summed E-state index contributed by atoms with van der Waals surface area (Å²) in [7, 11) is -6.83. The summed E-state index contributed by atoms with van der Waals surface area (Å²) in [5.41, 5.74) is 0. The average molecular weight is 701 g/mol. The van der Waals surface area contributed by atoms with Crippen LogP contribution < -0.4 is 0 Å². The third-order valence-electron chi connectivity index (χ3n) is 7.30. The third kappa shape index (κ3) is 16.2. The van der Waals surface area contributed by atoms with Crippen LogP contribution >= 0.6 is 38.7 Å². The molecule has 2 fully saturated rings. The number of carbonyl (C=O) groups is 4. The highest BCUT2D eigenvalue weighted by Crippen LogP contribution is 2.37. The maximum absolute atomic E-state index is 12.7. The molecule has 16 heteroatoms. The van der Waals surface area contributed by atoms with Crippen molar-refractivity contribution in [2.24, 2.45) is 0 Å². The highest BCUT2D eigenvalue weighted by Gasteiger charge is 2.39. The minimum Gasteiger partial charge on any atom is -0.324 e.